The molecule has 1 fully saturated rings. The van der Waals surface area contributed by atoms with E-state index in [4.69, 9.17) is 0 Å². The minimum Gasteiger partial charge on any atom is -0.314 e. The molecule has 1 aromatic carbocycles. The van der Waals surface area contributed by atoms with Gasteiger partial charge in [0, 0.05) is 43.8 Å². The fourth-order valence-electron chi connectivity index (χ4n) is 2.69. The van der Waals surface area contributed by atoms with Crippen molar-refractivity contribution in [3.8, 4) is 0 Å². The summed E-state index contributed by atoms with van der Waals surface area (Å²) in [6, 6.07) is 7.50. The molecule has 1 aliphatic heterocycles. The number of aryl methyl sites for hydroxylation is 1. The van der Waals surface area contributed by atoms with Crippen LogP contribution in [0, 0.1) is 5.82 Å². The second kappa shape index (κ2) is 8.20. The van der Waals surface area contributed by atoms with Crippen LogP contribution in [-0.2, 0) is 13.0 Å². The van der Waals surface area contributed by atoms with Crippen LogP contribution < -0.4 is 5.32 Å². The molecule has 120 valence electrons. The summed E-state index contributed by atoms with van der Waals surface area (Å²) in [6.45, 7) is 11.0. The van der Waals surface area contributed by atoms with Crippen molar-refractivity contribution in [1.29, 1.82) is 0 Å². The lowest BCUT2D eigenvalue weighted by Crippen LogP contribution is -2.42. The number of hydrogen-bond donors (Lipinski definition) is 1. The van der Waals surface area contributed by atoms with Crippen LogP contribution in [0.4, 0.5) is 4.39 Å². The van der Waals surface area contributed by atoms with Crippen LogP contribution in [0.3, 0.4) is 0 Å². The van der Waals surface area contributed by atoms with Gasteiger partial charge in [-0.05, 0) is 30.2 Å². The highest BCUT2D eigenvalue weighted by molar-refractivity contribution is 5.80. The maximum atomic E-state index is 14.1. The van der Waals surface area contributed by atoms with Crippen molar-refractivity contribution >= 4 is 10.9 Å². The van der Waals surface area contributed by atoms with Crippen LogP contribution in [0.5, 0.6) is 0 Å². The number of nitrogens with one attached hydrogen (secondary N) is 1. The number of rotatable bonds is 3. The van der Waals surface area contributed by atoms with Crippen molar-refractivity contribution in [3.63, 3.8) is 0 Å². The highest BCUT2D eigenvalue weighted by atomic mass is 19.1. The van der Waals surface area contributed by atoms with E-state index in [9.17, 15) is 4.39 Å². The molecule has 3 nitrogen and oxygen atoms in total. The first-order valence-electron chi connectivity index (χ1n) is 8.27. The Bertz CT molecular complexity index is 607. The van der Waals surface area contributed by atoms with Crippen molar-refractivity contribution in [1.82, 2.24) is 15.2 Å². The molecule has 1 N–H and O–H groups in total. The van der Waals surface area contributed by atoms with E-state index < -0.39 is 0 Å². The molecule has 0 amide bonds. The van der Waals surface area contributed by atoms with Crippen LogP contribution in [0.2, 0.25) is 0 Å². The summed E-state index contributed by atoms with van der Waals surface area (Å²) in [6.07, 6.45) is 0.759. The predicted octanol–water partition coefficient (Wildman–Crippen LogP) is 3.37. The van der Waals surface area contributed by atoms with E-state index >= 15 is 0 Å². The second-order valence-electron chi connectivity index (χ2n) is 5.33. The van der Waals surface area contributed by atoms with Crippen molar-refractivity contribution in [3.05, 3.63) is 41.3 Å². The van der Waals surface area contributed by atoms with Gasteiger partial charge in [0.25, 0.3) is 0 Å². The Balaban J connectivity index is 0.000000847. The van der Waals surface area contributed by atoms with Gasteiger partial charge in [0.2, 0.25) is 0 Å². The first kappa shape index (κ1) is 16.8. The zero-order valence-corrected chi connectivity index (χ0v) is 13.8. The summed E-state index contributed by atoms with van der Waals surface area (Å²) >= 11 is 0. The van der Waals surface area contributed by atoms with E-state index in [-0.39, 0.29) is 5.82 Å². The minimum absolute atomic E-state index is 0.158. The summed E-state index contributed by atoms with van der Waals surface area (Å²) < 4.78 is 14.1. The molecule has 2 aromatic rings. The summed E-state index contributed by atoms with van der Waals surface area (Å²) in [5.74, 6) is -0.158. The van der Waals surface area contributed by atoms with E-state index in [0.717, 1.165) is 55.9 Å². The molecule has 0 radical (unpaired) electrons. The van der Waals surface area contributed by atoms with Gasteiger partial charge in [-0.3, -0.25) is 9.88 Å². The van der Waals surface area contributed by atoms with E-state index in [2.05, 4.69) is 21.3 Å². The molecule has 4 heteroatoms. The number of benzene rings is 1. The van der Waals surface area contributed by atoms with E-state index in [1.807, 2.05) is 32.9 Å². The SMILES string of the molecule is CC.CCc1cc(F)c2cc(CN3CCNCC3)ccc2n1. The highest BCUT2D eigenvalue weighted by Crippen LogP contribution is 2.20. The third kappa shape index (κ3) is 4.02. The second-order valence-corrected chi connectivity index (χ2v) is 5.33. The molecule has 1 saturated heterocycles. The number of halogens is 1. The molecular weight excluding hydrogens is 277 g/mol. The maximum Gasteiger partial charge on any atom is 0.134 e. The molecule has 3 rings (SSSR count). The molecule has 0 saturated carbocycles. The Morgan fingerprint density at radius 1 is 1.18 bits per heavy atom. The van der Waals surface area contributed by atoms with E-state index in [1.165, 1.54) is 0 Å². The molecule has 2 heterocycles. The van der Waals surface area contributed by atoms with Gasteiger partial charge in [0.1, 0.15) is 5.82 Å². The van der Waals surface area contributed by atoms with Gasteiger partial charge in [-0.2, -0.15) is 0 Å². The Hall–Kier alpha value is -1.52. The Morgan fingerprint density at radius 3 is 2.59 bits per heavy atom. The Morgan fingerprint density at radius 2 is 1.91 bits per heavy atom. The molecule has 0 spiro atoms. The smallest absolute Gasteiger partial charge is 0.134 e. The average molecular weight is 303 g/mol. The maximum absolute atomic E-state index is 14.1. The molecule has 1 aliphatic rings. The van der Waals surface area contributed by atoms with Gasteiger partial charge in [0.05, 0.1) is 5.52 Å². The summed E-state index contributed by atoms with van der Waals surface area (Å²) in [5.41, 5.74) is 2.72. The fourth-order valence-corrected chi connectivity index (χ4v) is 2.69. The zero-order valence-electron chi connectivity index (χ0n) is 13.8. The average Bonchev–Trinajstić information content (AvgIpc) is 2.58. The fraction of sp³-hybridized carbons (Fsp3) is 0.500. The van der Waals surface area contributed by atoms with Gasteiger partial charge < -0.3 is 5.32 Å². The number of hydrogen-bond acceptors (Lipinski definition) is 3. The first-order chi connectivity index (χ1) is 10.8. The molecule has 1 aromatic heterocycles. The largest absolute Gasteiger partial charge is 0.314 e. The van der Waals surface area contributed by atoms with E-state index in [0.29, 0.717) is 5.39 Å². The monoisotopic (exact) mass is 303 g/mol. The molecular formula is C18H26FN3. The number of piperazine rings is 1. The van der Waals surface area contributed by atoms with Crippen molar-refractivity contribution in [2.45, 2.75) is 33.7 Å². The van der Waals surface area contributed by atoms with Crippen LogP contribution in [0.25, 0.3) is 10.9 Å². The highest BCUT2D eigenvalue weighted by Gasteiger charge is 2.11. The Labute approximate surface area is 132 Å². The summed E-state index contributed by atoms with van der Waals surface area (Å²) in [5, 5.41) is 3.97. The molecule has 22 heavy (non-hydrogen) atoms. The van der Waals surface area contributed by atoms with Crippen LogP contribution in [-0.4, -0.2) is 36.1 Å². The minimum atomic E-state index is -0.158. The predicted molar refractivity (Wildman–Crippen MR) is 90.6 cm³/mol. The lowest BCUT2D eigenvalue weighted by atomic mass is 10.1. The molecule has 0 bridgehead atoms. The number of aromatic nitrogens is 1. The van der Waals surface area contributed by atoms with Crippen LogP contribution in [0.1, 0.15) is 32.0 Å². The first-order valence-corrected chi connectivity index (χ1v) is 8.27. The lowest BCUT2D eigenvalue weighted by Gasteiger charge is -2.27. The normalized spacial score (nSPS) is 15.5. The number of fused-ring (bicyclic) bond motifs is 1. The zero-order chi connectivity index (χ0) is 15.9. The van der Waals surface area contributed by atoms with Gasteiger partial charge in [-0.25, -0.2) is 4.39 Å². The van der Waals surface area contributed by atoms with Gasteiger partial charge in [0.15, 0.2) is 0 Å². The molecule has 0 atom stereocenters. The third-order valence-electron chi connectivity index (χ3n) is 3.85. The quantitative estimate of drug-likeness (QED) is 0.942. The van der Waals surface area contributed by atoms with Crippen molar-refractivity contribution < 1.29 is 4.39 Å². The number of pyridine rings is 1. The Kier molecular flexibility index (Phi) is 6.28. The van der Waals surface area contributed by atoms with Crippen molar-refractivity contribution in [2.75, 3.05) is 26.2 Å². The van der Waals surface area contributed by atoms with Crippen LogP contribution >= 0.6 is 0 Å². The topological polar surface area (TPSA) is 28.2 Å². The number of nitrogens with zero attached hydrogens (tertiary/aromatic N) is 2. The van der Waals surface area contributed by atoms with Gasteiger partial charge in [-0.1, -0.05) is 26.8 Å². The lowest BCUT2D eigenvalue weighted by molar-refractivity contribution is 0.233. The molecule has 0 unspecified atom stereocenters. The van der Waals surface area contributed by atoms with Crippen LogP contribution in [0.15, 0.2) is 24.3 Å². The standard InChI is InChI=1S/C16H20FN3.C2H6/c1-2-13-10-15(17)14-9-12(3-4-16(14)19-13)11-20-7-5-18-6-8-20;1-2/h3-4,9-10,18H,2,5-8,11H2,1H3;1-2H3. The van der Waals surface area contributed by atoms with Gasteiger partial charge in [-0.15, -0.1) is 0 Å². The molecule has 0 aliphatic carbocycles. The van der Waals surface area contributed by atoms with Crippen molar-refractivity contribution in [2.24, 2.45) is 0 Å². The van der Waals surface area contributed by atoms with Gasteiger partial charge >= 0.3 is 0 Å². The summed E-state index contributed by atoms with van der Waals surface area (Å²) in [7, 11) is 0. The third-order valence-corrected chi connectivity index (χ3v) is 3.85. The van der Waals surface area contributed by atoms with E-state index in [1.54, 1.807) is 6.07 Å². The summed E-state index contributed by atoms with van der Waals surface area (Å²) in [4.78, 5) is 6.87.